The van der Waals surface area contributed by atoms with Gasteiger partial charge in [0.1, 0.15) is 0 Å². The zero-order chi connectivity index (χ0) is 17.4. The Hall–Kier alpha value is -2.13. The minimum Gasteiger partial charge on any atom is -0.352 e. The molecule has 2 unspecified atom stereocenters. The van der Waals surface area contributed by atoms with Crippen molar-refractivity contribution in [1.29, 1.82) is 0 Å². The highest BCUT2D eigenvalue weighted by molar-refractivity contribution is 5.82. The molecule has 25 heavy (non-hydrogen) atoms. The lowest BCUT2D eigenvalue weighted by Gasteiger charge is -2.08. The molecule has 0 radical (unpaired) electrons. The second-order valence-electron chi connectivity index (χ2n) is 7.69. The fraction of sp³-hybridized carbons (Fsp3) is 0.409. The summed E-state index contributed by atoms with van der Waals surface area (Å²) in [7, 11) is 0. The Kier molecular flexibility index (Phi) is 4.34. The van der Waals surface area contributed by atoms with E-state index < -0.39 is 0 Å². The molecule has 2 aliphatic rings. The minimum absolute atomic E-state index is 0.140. The third kappa shape index (κ3) is 3.47. The first-order valence-electron chi connectivity index (χ1n) is 9.31. The smallest absolute Gasteiger partial charge is 0.224 e. The van der Waals surface area contributed by atoms with Crippen molar-refractivity contribution < 1.29 is 4.79 Å². The summed E-state index contributed by atoms with van der Waals surface area (Å²) in [6.07, 6.45) is 0.973. The fourth-order valence-corrected chi connectivity index (χ4v) is 3.76. The lowest BCUT2D eigenvalue weighted by atomic mass is 10.00. The van der Waals surface area contributed by atoms with Crippen molar-refractivity contribution in [3.8, 4) is 0 Å². The minimum atomic E-state index is 0.140. The van der Waals surface area contributed by atoms with E-state index in [1.807, 2.05) is 0 Å². The maximum atomic E-state index is 12.4. The van der Waals surface area contributed by atoms with Crippen molar-refractivity contribution in [2.24, 2.45) is 5.92 Å². The summed E-state index contributed by atoms with van der Waals surface area (Å²) in [6, 6.07) is 15.3. The van der Waals surface area contributed by atoms with Gasteiger partial charge in [0, 0.05) is 25.6 Å². The summed E-state index contributed by atoms with van der Waals surface area (Å²) in [6.45, 7) is 6.94. The van der Waals surface area contributed by atoms with Crippen LogP contribution in [0.1, 0.15) is 59.9 Å². The largest absolute Gasteiger partial charge is 0.352 e. The van der Waals surface area contributed by atoms with Gasteiger partial charge in [0.05, 0.1) is 0 Å². The molecule has 0 saturated heterocycles. The van der Waals surface area contributed by atoms with E-state index in [9.17, 15) is 4.79 Å². The van der Waals surface area contributed by atoms with Crippen LogP contribution in [0.15, 0.2) is 42.5 Å². The Morgan fingerprint density at radius 3 is 2.64 bits per heavy atom. The number of hydrogen-bond acceptors (Lipinski definition) is 2. The van der Waals surface area contributed by atoms with Crippen molar-refractivity contribution in [2.45, 2.75) is 51.7 Å². The van der Waals surface area contributed by atoms with Crippen LogP contribution in [0.3, 0.4) is 0 Å². The molecule has 0 spiro atoms. The van der Waals surface area contributed by atoms with Crippen molar-refractivity contribution in [3.05, 3.63) is 70.3 Å². The van der Waals surface area contributed by atoms with Gasteiger partial charge in [-0.3, -0.25) is 4.79 Å². The number of rotatable bonds is 5. The Morgan fingerprint density at radius 2 is 1.88 bits per heavy atom. The van der Waals surface area contributed by atoms with Crippen LogP contribution in [0.2, 0.25) is 0 Å². The van der Waals surface area contributed by atoms with E-state index in [2.05, 4.69) is 66.9 Å². The lowest BCUT2D eigenvalue weighted by Crippen LogP contribution is -2.24. The third-order valence-corrected chi connectivity index (χ3v) is 5.53. The zero-order valence-corrected chi connectivity index (χ0v) is 15.0. The standard InChI is InChI=1S/C22H26N2O/c1-14(2)16-5-7-17(8-6-16)20-10-21(20)22(25)24-11-15-3-4-18-12-23-13-19(18)9-15/h3-9,14,20-21,23H,10-13H2,1-2H3,(H,24,25). The number of carbonyl (C=O) groups is 1. The van der Waals surface area contributed by atoms with Crippen LogP contribution >= 0.6 is 0 Å². The molecular weight excluding hydrogens is 308 g/mol. The van der Waals surface area contributed by atoms with Gasteiger partial charge in [-0.25, -0.2) is 0 Å². The van der Waals surface area contributed by atoms with Crippen molar-refractivity contribution in [2.75, 3.05) is 0 Å². The first-order chi connectivity index (χ1) is 12.1. The van der Waals surface area contributed by atoms with Crippen LogP contribution in [0.4, 0.5) is 0 Å². The van der Waals surface area contributed by atoms with Gasteiger partial charge in [-0.05, 0) is 46.1 Å². The van der Waals surface area contributed by atoms with Crippen molar-refractivity contribution in [1.82, 2.24) is 10.6 Å². The van der Waals surface area contributed by atoms with E-state index in [4.69, 9.17) is 0 Å². The van der Waals surface area contributed by atoms with Crippen LogP contribution in [0.25, 0.3) is 0 Å². The SMILES string of the molecule is CC(C)c1ccc(C2CC2C(=O)NCc2ccc3c(c2)CNC3)cc1. The van der Waals surface area contributed by atoms with E-state index in [1.165, 1.54) is 27.8 Å². The molecule has 130 valence electrons. The molecule has 2 aromatic rings. The molecule has 1 heterocycles. The molecule has 1 amide bonds. The first kappa shape index (κ1) is 16.3. The van der Waals surface area contributed by atoms with Crippen LogP contribution in [0, 0.1) is 5.92 Å². The topological polar surface area (TPSA) is 41.1 Å². The summed E-state index contributed by atoms with van der Waals surface area (Å²) >= 11 is 0. The Balaban J connectivity index is 1.32. The second kappa shape index (κ2) is 6.64. The number of carbonyl (C=O) groups excluding carboxylic acids is 1. The van der Waals surface area contributed by atoms with E-state index >= 15 is 0 Å². The Morgan fingerprint density at radius 1 is 1.12 bits per heavy atom. The highest BCUT2D eigenvalue weighted by Crippen LogP contribution is 2.47. The average Bonchev–Trinajstić information content (AvgIpc) is 3.29. The number of fused-ring (bicyclic) bond motifs is 1. The molecule has 1 fully saturated rings. The van der Waals surface area contributed by atoms with Crippen LogP contribution < -0.4 is 10.6 Å². The molecule has 3 nitrogen and oxygen atoms in total. The van der Waals surface area contributed by atoms with E-state index in [-0.39, 0.29) is 11.8 Å². The summed E-state index contributed by atoms with van der Waals surface area (Å²) in [5.74, 6) is 1.28. The Labute approximate surface area is 149 Å². The maximum absolute atomic E-state index is 12.4. The predicted octanol–water partition coefficient (Wildman–Crippen LogP) is 3.83. The molecular formula is C22H26N2O. The molecule has 2 N–H and O–H groups in total. The molecule has 1 aliphatic heterocycles. The lowest BCUT2D eigenvalue weighted by molar-refractivity contribution is -0.122. The number of amides is 1. The molecule has 0 bridgehead atoms. The normalized spacial score (nSPS) is 21.2. The van der Waals surface area contributed by atoms with Gasteiger partial charge < -0.3 is 10.6 Å². The maximum Gasteiger partial charge on any atom is 0.224 e. The monoisotopic (exact) mass is 334 g/mol. The van der Waals surface area contributed by atoms with Gasteiger partial charge >= 0.3 is 0 Å². The summed E-state index contributed by atoms with van der Waals surface area (Å²) < 4.78 is 0. The van der Waals surface area contributed by atoms with Gasteiger partial charge in [-0.15, -0.1) is 0 Å². The van der Waals surface area contributed by atoms with Gasteiger partial charge in [0.15, 0.2) is 0 Å². The molecule has 1 aliphatic carbocycles. The summed E-state index contributed by atoms with van der Waals surface area (Å²) in [4.78, 5) is 12.4. The molecule has 1 saturated carbocycles. The third-order valence-electron chi connectivity index (χ3n) is 5.53. The molecule has 0 aromatic heterocycles. The zero-order valence-electron chi connectivity index (χ0n) is 15.0. The molecule has 2 aromatic carbocycles. The van der Waals surface area contributed by atoms with Crippen LogP contribution in [0.5, 0.6) is 0 Å². The number of hydrogen-bond donors (Lipinski definition) is 2. The van der Waals surface area contributed by atoms with Gasteiger partial charge in [-0.2, -0.15) is 0 Å². The molecule has 4 rings (SSSR count). The average molecular weight is 334 g/mol. The summed E-state index contributed by atoms with van der Waals surface area (Å²) in [5, 5.41) is 6.48. The first-order valence-corrected chi connectivity index (χ1v) is 9.31. The van der Waals surface area contributed by atoms with E-state index in [0.29, 0.717) is 18.4 Å². The van der Waals surface area contributed by atoms with Crippen LogP contribution in [-0.2, 0) is 24.4 Å². The molecule has 3 heteroatoms. The highest BCUT2D eigenvalue weighted by atomic mass is 16.2. The van der Waals surface area contributed by atoms with Crippen molar-refractivity contribution >= 4 is 5.91 Å². The second-order valence-corrected chi connectivity index (χ2v) is 7.69. The van der Waals surface area contributed by atoms with E-state index in [1.54, 1.807) is 0 Å². The Bertz CT molecular complexity index is 779. The number of nitrogens with one attached hydrogen (secondary N) is 2. The molecule has 2 atom stereocenters. The van der Waals surface area contributed by atoms with Crippen molar-refractivity contribution in [3.63, 3.8) is 0 Å². The van der Waals surface area contributed by atoms with Gasteiger partial charge in [0.25, 0.3) is 0 Å². The fourth-order valence-electron chi connectivity index (χ4n) is 3.76. The van der Waals surface area contributed by atoms with Gasteiger partial charge in [-0.1, -0.05) is 56.3 Å². The highest BCUT2D eigenvalue weighted by Gasteiger charge is 2.43. The predicted molar refractivity (Wildman–Crippen MR) is 100 cm³/mol. The quantitative estimate of drug-likeness (QED) is 0.872. The number of benzene rings is 2. The van der Waals surface area contributed by atoms with Gasteiger partial charge in [0.2, 0.25) is 5.91 Å². The van der Waals surface area contributed by atoms with E-state index in [0.717, 1.165) is 19.5 Å². The summed E-state index contributed by atoms with van der Waals surface area (Å²) in [5.41, 5.74) is 6.59. The van der Waals surface area contributed by atoms with Crippen LogP contribution in [-0.4, -0.2) is 5.91 Å².